The molecule has 1 unspecified atom stereocenters. The molecule has 13 heavy (non-hydrogen) atoms. The van der Waals surface area contributed by atoms with Crippen LogP contribution in [0, 0.1) is 5.92 Å². The van der Waals surface area contributed by atoms with Gasteiger partial charge in [-0.05, 0) is 13.3 Å². The van der Waals surface area contributed by atoms with Crippen molar-refractivity contribution in [3.8, 4) is 0 Å². The first-order valence-corrected chi connectivity index (χ1v) is 4.84. The molecule has 3 heteroatoms. The molecule has 1 heterocycles. The largest absolute Gasteiger partial charge is 0.333 e. The van der Waals surface area contributed by atoms with Crippen molar-refractivity contribution in [3.63, 3.8) is 0 Å². The summed E-state index contributed by atoms with van der Waals surface area (Å²) in [4.78, 5) is 24.4. The van der Waals surface area contributed by atoms with E-state index in [1.807, 2.05) is 20.8 Å². The summed E-state index contributed by atoms with van der Waals surface area (Å²) in [6, 6.07) is 0.246. The Bertz CT molecular complexity index is 223. The summed E-state index contributed by atoms with van der Waals surface area (Å²) in [5.41, 5.74) is 0. The Balaban J connectivity index is 2.52. The highest BCUT2D eigenvalue weighted by atomic mass is 16.2. The number of ketones is 1. The second-order valence-corrected chi connectivity index (χ2v) is 4.03. The number of carbonyl (C=O) groups is 2. The number of Topliss-reactive ketones (excluding diaryl/α,β-unsaturated/α-hetero) is 1. The van der Waals surface area contributed by atoms with Crippen LogP contribution in [0.4, 0.5) is 0 Å². The lowest BCUT2D eigenvalue weighted by Gasteiger charge is -2.21. The van der Waals surface area contributed by atoms with Crippen molar-refractivity contribution in [1.29, 1.82) is 0 Å². The quantitative estimate of drug-likeness (QED) is 0.659. The van der Waals surface area contributed by atoms with E-state index in [1.54, 1.807) is 4.90 Å². The van der Waals surface area contributed by atoms with Crippen LogP contribution in [0.1, 0.15) is 33.6 Å². The molecule has 0 aromatic heterocycles. The van der Waals surface area contributed by atoms with Gasteiger partial charge in [-0.25, -0.2) is 0 Å². The minimum atomic E-state index is 0.0283. The van der Waals surface area contributed by atoms with Crippen molar-refractivity contribution < 1.29 is 9.59 Å². The molecule has 1 amide bonds. The SMILES string of the molecule is CC(C)C(=O)CN1C(=O)CCC1C. The first kappa shape index (κ1) is 10.2. The Kier molecular flexibility index (Phi) is 3.07. The predicted octanol–water partition coefficient (Wildman–Crippen LogP) is 1.22. The number of amides is 1. The summed E-state index contributed by atoms with van der Waals surface area (Å²) in [5, 5.41) is 0. The molecule has 0 aromatic carbocycles. The molecule has 0 saturated carbocycles. The highest BCUT2D eigenvalue weighted by Crippen LogP contribution is 2.18. The lowest BCUT2D eigenvalue weighted by atomic mass is 10.1. The number of hydrogen-bond donors (Lipinski definition) is 0. The zero-order valence-electron chi connectivity index (χ0n) is 8.54. The van der Waals surface area contributed by atoms with E-state index >= 15 is 0 Å². The fraction of sp³-hybridized carbons (Fsp3) is 0.800. The highest BCUT2D eigenvalue weighted by Gasteiger charge is 2.29. The first-order valence-electron chi connectivity index (χ1n) is 4.84. The molecule has 1 saturated heterocycles. The minimum Gasteiger partial charge on any atom is -0.333 e. The van der Waals surface area contributed by atoms with Crippen LogP contribution >= 0.6 is 0 Å². The van der Waals surface area contributed by atoms with Gasteiger partial charge in [-0.3, -0.25) is 9.59 Å². The normalized spacial score (nSPS) is 22.9. The zero-order chi connectivity index (χ0) is 10.0. The fourth-order valence-electron chi connectivity index (χ4n) is 1.47. The third-order valence-corrected chi connectivity index (χ3v) is 2.60. The van der Waals surface area contributed by atoms with Crippen LogP contribution < -0.4 is 0 Å². The van der Waals surface area contributed by atoms with Crippen molar-refractivity contribution in [1.82, 2.24) is 4.90 Å². The number of nitrogens with zero attached hydrogens (tertiary/aromatic N) is 1. The molecule has 3 nitrogen and oxygen atoms in total. The van der Waals surface area contributed by atoms with E-state index in [1.165, 1.54) is 0 Å². The Morgan fingerprint density at radius 2 is 2.23 bits per heavy atom. The van der Waals surface area contributed by atoms with Gasteiger partial charge in [0.1, 0.15) is 0 Å². The average molecular weight is 183 g/mol. The summed E-state index contributed by atoms with van der Waals surface area (Å²) < 4.78 is 0. The number of hydrogen-bond acceptors (Lipinski definition) is 2. The van der Waals surface area contributed by atoms with Gasteiger partial charge in [-0.1, -0.05) is 13.8 Å². The maximum Gasteiger partial charge on any atom is 0.223 e. The van der Waals surface area contributed by atoms with Crippen LogP contribution in [0.5, 0.6) is 0 Å². The Hall–Kier alpha value is -0.860. The van der Waals surface area contributed by atoms with Crippen LogP contribution in [0.25, 0.3) is 0 Å². The van der Waals surface area contributed by atoms with Gasteiger partial charge in [-0.2, -0.15) is 0 Å². The van der Waals surface area contributed by atoms with Crippen molar-refractivity contribution in [2.45, 2.75) is 39.7 Å². The Morgan fingerprint density at radius 1 is 1.62 bits per heavy atom. The molecule has 1 rings (SSSR count). The van der Waals surface area contributed by atoms with E-state index in [0.717, 1.165) is 6.42 Å². The van der Waals surface area contributed by atoms with Gasteiger partial charge >= 0.3 is 0 Å². The van der Waals surface area contributed by atoms with Crippen LogP contribution in [-0.4, -0.2) is 29.2 Å². The number of rotatable bonds is 3. The van der Waals surface area contributed by atoms with Gasteiger partial charge in [-0.15, -0.1) is 0 Å². The van der Waals surface area contributed by atoms with E-state index in [9.17, 15) is 9.59 Å². The summed E-state index contributed by atoms with van der Waals surface area (Å²) in [7, 11) is 0. The molecule has 74 valence electrons. The van der Waals surface area contributed by atoms with Crippen molar-refractivity contribution in [3.05, 3.63) is 0 Å². The Labute approximate surface area is 79.1 Å². The van der Waals surface area contributed by atoms with Gasteiger partial charge < -0.3 is 4.90 Å². The lowest BCUT2D eigenvalue weighted by molar-refractivity contribution is -0.134. The maximum absolute atomic E-state index is 11.4. The number of likely N-dealkylation sites (tertiary alicyclic amines) is 1. The van der Waals surface area contributed by atoms with E-state index < -0.39 is 0 Å². The van der Waals surface area contributed by atoms with E-state index in [4.69, 9.17) is 0 Å². The zero-order valence-corrected chi connectivity index (χ0v) is 8.54. The summed E-state index contributed by atoms with van der Waals surface area (Å²) in [6.45, 7) is 6.04. The van der Waals surface area contributed by atoms with Gasteiger partial charge in [0, 0.05) is 18.4 Å². The summed E-state index contributed by atoms with van der Waals surface area (Å²) in [5.74, 6) is 0.309. The molecule has 0 radical (unpaired) electrons. The third-order valence-electron chi connectivity index (χ3n) is 2.60. The molecule has 1 aliphatic rings. The van der Waals surface area contributed by atoms with Crippen LogP contribution in [0.2, 0.25) is 0 Å². The van der Waals surface area contributed by atoms with Gasteiger partial charge in [0.15, 0.2) is 5.78 Å². The van der Waals surface area contributed by atoms with E-state index in [0.29, 0.717) is 13.0 Å². The van der Waals surface area contributed by atoms with Crippen molar-refractivity contribution in [2.24, 2.45) is 5.92 Å². The van der Waals surface area contributed by atoms with Crippen LogP contribution in [-0.2, 0) is 9.59 Å². The van der Waals surface area contributed by atoms with Gasteiger partial charge in [0.2, 0.25) is 5.91 Å². The smallest absolute Gasteiger partial charge is 0.223 e. The van der Waals surface area contributed by atoms with Crippen LogP contribution in [0.3, 0.4) is 0 Å². The average Bonchev–Trinajstić information content (AvgIpc) is 2.35. The molecule has 0 N–H and O–H groups in total. The fourth-order valence-corrected chi connectivity index (χ4v) is 1.47. The minimum absolute atomic E-state index is 0.0283. The molecule has 0 bridgehead atoms. The molecule has 1 fully saturated rings. The highest BCUT2D eigenvalue weighted by molar-refractivity contribution is 5.88. The summed E-state index contributed by atoms with van der Waals surface area (Å²) >= 11 is 0. The van der Waals surface area contributed by atoms with Gasteiger partial charge in [0.25, 0.3) is 0 Å². The second kappa shape index (κ2) is 3.90. The predicted molar refractivity (Wildman–Crippen MR) is 50.3 cm³/mol. The van der Waals surface area contributed by atoms with Crippen molar-refractivity contribution >= 4 is 11.7 Å². The van der Waals surface area contributed by atoms with E-state index in [-0.39, 0.29) is 23.7 Å². The first-order chi connectivity index (χ1) is 6.02. The molecular weight excluding hydrogens is 166 g/mol. The van der Waals surface area contributed by atoms with Crippen molar-refractivity contribution in [2.75, 3.05) is 6.54 Å². The second-order valence-electron chi connectivity index (χ2n) is 4.03. The molecule has 0 aliphatic carbocycles. The van der Waals surface area contributed by atoms with Gasteiger partial charge in [0.05, 0.1) is 6.54 Å². The standard InChI is InChI=1S/C10H17NO2/c1-7(2)9(12)6-11-8(3)4-5-10(11)13/h7-8H,4-6H2,1-3H3. The maximum atomic E-state index is 11.4. The summed E-state index contributed by atoms with van der Waals surface area (Å²) in [6.07, 6.45) is 1.50. The number of carbonyl (C=O) groups excluding carboxylic acids is 2. The van der Waals surface area contributed by atoms with E-state index in [2.05, 4.69) is 0 Å². The topological polar surface area (TPSA) is 37.4 Å². The molecule has 0 spiro atoms. The lowest BCUT2D eigenvalue weighted by Crippen LogP contribution is -2.37. The monoisotopic (exact) mass is 183 g/mol. The molecule has 1 aliphatic heterocycles. The Morgan fingerprint density at radius 3 is 2.62 bits per heavy atom. The molecular formula is C10H17NO2. The molecule has 0 aromatic rings. The third kappa shape index (κ3) is 2.29. The van der Waals surface area contributed by atoms with Crippen LogP contribution in [0.15, 0.2) is 0 Å². The molecule has 1 atom stereocenters.